The van der Waals surface area contributed by atoms with Gasteiger partial charge in [-0.1, -0.05) is 11.6 Å². The van der Waals surface area contributed by atoms with Gasteiger partial charge in [0.05, 0.1) is 39.9 Å². The van der Waals surface area contributed by atoms with Crippen molar-refractivity contribution in [3.63, 3.8) is 0 Å². The van der Waals surface area contributed by atoms with Crippen LogP contribution in [-0.2, 0) is 13.2 Å². The predicted octanol–water partition coefficient (Wildman–Crippen LogP) is 3.99. The molecule has 0 saturated carbocycles. The fourth-order valence-electron chi connectivity index (χ4n) is 4.79. The molecule has 0 unspecified atom stereocenters. The average molecular weight is 602 g/mol. The maximum Gasteiger partial charge on any atom is 0.435 e. The van der Waals surface area contributed by atoms with Crippen LogP contribution in [-0.4, -0.2) is 60.7 Å². The Morgan fingerprint density at radius 3 is 2.48 bits per heavy atom. The fraction of sp³-hybridized carbons (Fsp3) is 0.296. The van der Waals surface area contributed by atoms with Crippen LogP contribution in [0, 0.1) is 5.92 Å². The molecule has 0 aliphatic carbocycles. The van der Waals surface area contributed by atoms with E-state index in [-0.39, 0.29) is 39.5 Å². The topological polar surface area (TPSA) is 150 Å². The number of benzene rings is 1. The summed E-state index contributed by atoms with van der Waals surface area (Å²) in [5.41, 5.74) is 10.8. The van der Waals surface area contributed by atoms with E-state index in [2.05, 4.69) is 20.4 Å². The van der Waals surface area contributed by atoms with Crippen LogP contribution in [0.3, 0.4) is 0 Å². The van der Waals surface area contributed by atoms with Crippen molar-refractivity contribution in [2.24, 2.45) is 18.7 Å². The van der Waals surface area contributed by atoms with Crippen molar-refractivity contribution < 1.29 is 22.8 Å². The number of amides is 2. The number of alkyl halides is 3. The van der Waals surface area contributed by atoms with E-state index in [9.17, 15) is 22.8 Å². The number of nitrogens with one attached hydrogen (secondary N) is 1. The molecule has 1 aromatic carbocycles. The largest absolute Gasteiger partial charge is 0.435 e. The van der Waals surface area contributed by atoms with Crippen LogP contribution in [0.1, 0.15) is 39.5 Å². The minimum absolute atomic E-state index is 0.00607. The molecule has 0 radical (unpaired) electrons. The summed E-state index contributed by atoms with van der Waals surface area (Å²) in [5, 5.41) is 6.48. The summed E-state index contributed by atoms with van der Waals surface area (Å²) in [6, 6.07) is 7.41. The first-order chi connectivity index (χ1) is 20.0. The summed E-state index contributed by atoms with van der Waals surface area (Å²) >= 11 is 6.40. The molecule has 4 aromatic rings. The minimum Gasteiger partial charge on any atom is -0.397 e. The first kappa shape index (κ1) is 29.1. The molecule has 1 aliphatic heterocycles. The van der Waals surface area contributed by atoms with Gasteiger partial charge in [0.1, 0.15) is 0 Å². The first-order valence-corrected chi connectivity index (χ1v) is 13.3. The maximum absolute atomic E-state index is 13.9. The number of carbonyl (C=O) groups is 2. The smallest absolute Gasteiger partial charge is 0.397 e. The highest BCUT2D eigenvalue weighted by Gasteiger charge is 2.39. The molecule has 4 heterocycles. The summed E-state index contributed by atoms with van der Waals surface area (Å²) in [5.74, 6) is -0.539. The van der Waals surface area contributed by atoms with Gasteiger partial charge < -0.3 is 26.3 Å². The Morgan fingerprint density at radius 1 is 1.12 bits per heavy atom. The molecular weight excluding hydrogens is 575 g/mol. The van der Waals surface area contributed by atoms with E-state index >= 15 is 0 Å². The van der Waals surface area contributed by atoms with Crippen LogP contribution in [0.4, 0.5) is 24.5 Å². The molecule has 1 saturated heterocycles. The van der Waals surface area contributed by atoms with Crippen molar-refractivity contribution in [3.05, 3.63) is 71.0 Å². The number of anilines is 2. The van der Waals surface area contributed by atoms with Crippen LogP contribution in [0.15, 0.2) is 48.9 Å². The second-order valence-electron chi connectivity index (χ2n) is 9.93. The number of carbonyl (C=O) groups excluding carboxylic acids is 2. The lowest BCUT2D eigenvalue weighted by Crippen LogP contribution is -2.40. The Morgan fingerprint density at radius 2 is 1.86 bits per heavy atom. The highest BCUT2D eigenvalue weighted by molar-refractivity contribution is 6.34. The van der Waals surface area contributed by atoms with E-state index in [0.717, 1.165) is 29.9 Å². The summed E-state index contributed by atoms with van der Waals surface area (Å²) in [7, 11) is 1.42. The fourth-order valence-corrected chi connectivity index (χ4v) is 5.05. The lowest BCUT2D eigenvalue weighted by atomic mass is 9.96. The molecule has 1 aliphatic rings. The summed E-state index contributed by atoms with van der Waals surface area (Å²) < 4.78 is 44.0. The molecule has 3 aromatic heterocycles. The number of aromatic nitrogens is 5. The van der Waals surface area contributed by atoms with Crippen LogP contribution < -0.4 is 16.8 Å². The number of halogens is 4. The number of pyridine rings is 1. The lowest BCUT2D eigenvalue weighted by Gasteiger charge is -2.31. The van der Waals surface area contributed by atoms with Gasteiger partial charge in [0.25, 0.3) is 11.8 Å². The van der Waals surface area contributed by atoms with Crippen molar-refractivity contribution >= 4 is 34.8 Å². The predicted molar refractivity (Wildman–Crippen MR) is 150 cm³/mol. The van der Waals surface area contributed by atoms with Gasteiger partial charge in [-0.25, -0.2) is 14.6 Å². The highest BCUT2D eigenvalue weighted by atomic mass is 35.5. The van der Waals surface area contributed by atoms with Crippen LogP contribution in [0.25, 0.3) is 17.1 Å². The van der Waals surface area contributed by atoms with Gasteiger partial charge in [0, 0.05) is 32.0 Å². The van der Waals surface area contributed by atoms with Gasteiger partial charge in [-0.3, -0.25) is 9.59 Å². The van der Waals surface area contributed by atoms with E-state index in [0.29, 0.717) is 36.8 Å². The van der Waals surface area contributed by atoms with Crippen molar-refractivity contribution in [1.29, 1.82) is 0 Å². The molecule has 2 amide bonds. The minimum atomic E-state index is -4.79. The number of nitrogen functional groups attached to an aromatic ring is 1. The first-order valence-electron chi connectivity index (χ1n) is 13.0. The Balaban J connectivity index is 1.36. The molecule has 5 rings (SSSR count). The molecule has 42 heavy (non-hydrogen) atoms. The average Bonchev–Trinajstić information content (AvgIpc) is 3.57. The van der Waals surface area contributed by atoms with Gasteiger partial charge >= 0.3 is 6.18 Å². The van der Waals surface area contributed by atoms with E-state index in [1.54, 1.807) is 4.90 Å². The van der Waals surface area contributed by atoms with E-state index < -0.39 is 17.8 Å². The number of piperidine rings is 1. The lowest BCUT2D eigenvalue weighted by molar-refractivity contribution is -0.140. The second-order valence-corrected chi connectivity index (χ2v) is 10.3. The number of likely N-dealkylation sites (tertiary alicyclic amines) is 1. The van der Waals surface area contributed by atoms with Crippen molar-refractivity contribution in [2.75, 3.05) is 30.7 Å². The molecule has 220 valence electrons. The van der Waals surface area contributed by atoms with E-state index in [1.807, 2.05) is 0 Å². The zero-order valence-electron chi connectivity index (χ0n) is 22.4. The molecule has 0 bridgehead atoms. The number of imidazole rings is 1. The third-order valence-corrected chi connectivity index (χ3v) is 7.46. The zero-order chi connectivity index (χ0) is 30.2. The van der Waals surface area contributed by atoms with Crippen molar-refractivity contribution in [1.82, 2.24) is 29.2 Å². The van der Waals surface area contributed by atoms with Crippen LogP contribution in [0.5, 0.6) is 0 Å². The summed E-state index contributed by atoms with van der Waals surface area (Å²) in [6.45, 7) is 1.76. The molecule has 0 atom stereocenters. The third-order valence-electron chi connectivity index (χ3n) is 7.15. The number of rotatable bonds is 6. The maximum atomic E-state index is 13.9. The Bertz CT molecular complexity index is 1620. The SMILES string of the molecule is Cn1c(-c2cn(-c3ccc(N)cn3)nc2C(F)(F)F)cnc1C(=O)Nc1ccc(C(=O)N2CCC(CN)CC2)c(Cl)c1. The normalized spacial score (nSPS) is 14.3. The van der Waals surface area contributed by atoms with Gasteiger partial charge in [-0.15, -0.1) is 0 Å². The second kappa shape index (κ2) is 11.4. The molecule has 11 nitrogen and oxygen atoms in total. The zero-order valence-corrected chi connectivity index (χ0v) is 23.2. The van der Waals surface area contributed by atoms with Gasteiger partial charge in [-0.05, 0) is 55.6 Å². The van der Waals surface area contributed by atoms with Gasteiger partial charge in [0.15, 0.2) is 17.3 Å². The van der Waals surface area contributed by atoms with Gasteiger partial charge in [0.2, 0.25) is 0 Å². The van der Waals surface area contributed by atoms with Crippen molar-refractivity contribution in [2.45, 2.75) is 19.0 Å². The Hall–Kier alpha value is -4.43. The van der Waals surface area contributed by atoms with Gasteiger partial charge in [-0.2, -0.15) is 18.3 Å². The highest BCUT2D eigenvalue weighted by Crippen LogP contribution is 2.37. The molecule has 5 N–H and O–H groups in total. The molecule has 15 heteroatoms. The number of hydrogen-bond donors (Lipinski definition) is 3. The van der Waals surface area contributed by atoms with E-state index in [1.165, 1.54) is 48.1 Å². The standard InChI is InChI=1S/C27H27ClF3N9O2/c1-38-21(19-14-40(37-23(19)27(29,30)31)22-5-2-16(33)12-34-22)13-35-24(38)25(41)36-17-3-4-18(20(28)10-17)26(42)39-8-6-15(11-32)7-9-39/h2-5,10,12-15H,6-9,11,32-33H2,1H3,(H,36,41). The monoisotopic (exact) mass is 601 g/mol. The summed E-state index contributed by atoms with van der Waals surface area (Å²) in [4.78, 5) is 35.8. The van der Waals surface area contributed by atoms with Crippen LogP contribution >= 0.6 is 11.6 Å². The quantitative estimate of drug-likeness (QED) is 0.302. The summed E-state index contributed by atoms with van der Waals surface area (Å²) in [6.07, 6.45) is 0.471. The molecule has 1 fully saturated rings. The van der Waals surface area contributed by atoms with Crippen molar-refractivity contribution in [3.8, 4) is 17.1 Å². The van der Waals surface area contributed by atoms with E-state index in [4.69, 9.17) is 23.1 Å². The number of hydrogen-bond acceptors (Lipinski definition) is 7. The third kappa shape index (κ3) is 5.81. The molecular formula is C27H27ClF3N9O2. The Kier molecular flexibility index (Phi) is 7.93. The number of nitrogens with zero attached hydrogens (tertiary/aromatic N) is 6. The number of nitrogens with two attached hydrogens (primary N) is 2. The molecule has 0 spiro atoms. The Labute approximate surface area is 243 Å². The van der Waals surface area contributed by atoms with Crippen LogP contribution in [0.2, 0.25) is 5.02 Å².